The number of amides is 2. The lowest BCUT2D eigenvalue weighted by Crippen LogP contribution is -2.37. The van der Waals surface area contributed by atoms with E-state index in [1.54, 1.807) is 19.2 Å². The molecule has 0 radical (unpaired) electrons. The number of nitrogens with zero attached hydrogens (tertiary/aromatic N) is 3. The highest BCUT2D eigenvalue weighted by Gasteiger charge is 2.25. The zero-order valence-electron chi connectivity index (χ0n) is 18.8. The number of anilines is 1. The van der Waals surface area contributed by atoms with Crippen molar-refractivity contribution in [2.45, 2.75) is 32.8 Å². The van der Waals surface area contributed by atoms with E-state index >= 15 is 0 Å². The molecule has 1 aromatic heterocycles. The second-order valence-electron chi connectivity index (χ2n) is 8.26. The Morgan fingerprint density at radius 1 is 1.09 bits per heavy atom. The lowest BCUT2D eigenvalue weighted by molar-refractivity contribution is 0.0714. The van der Waals surface area contributed by atoms with E-state index in [2.05, 4.69) is 10.4 Å². The Labute approximate surface area is 198 Å². The van der Waals surface area contributed by atoms with E-state index in [4.69, 9.17) is 16.3 Å². The third kappa shape index (κ3) is 5.37. The van der Waals surface area contributed by atoms with Crippen LogP contribution in [0.5, 0.6) is 5.75 Å². The van der Waals surface area contributed by atoms with Crippen molar-refractivity contribution >= 4 is 29.1 Å². The molecule has 8 heteroatoms. The lowest BCUT2D eigenvalue weighted by atomic mass is 10.1. The highest BCUT2D eigenvalue weighted by molar-refractivity contribution is 6.32. The second-order valence-corrected chi connectivity index (χ2v) is 8.66. The maximum Gasteiger partial charge on any atom is 0.274 e. The van der Waals surface area contributed by atoms with Gasteiger partial charge >= 0.3 is 0 Å². The molecule has 1 aliphatic rings. The Kier molecular flexibility index (Phi) is 6.99. The smallest absolute Gasteiger partial charge is 0.274 e. The summed E-state index contributed by atoms with van der Waals surface area (Å²) in [4.78, 5) is 27.6. The SMILES string of the molecule is Cc1ccc(Cl)c(OCc2ccc(C(=O)Nc3cnn(C)c3C(=O)N3CCCCC3)cc2)c1. The monoisotopic (exact) mass is 466 g/mol. The van der Waals surface area contributed by atoms with Gasteiger partial charge < -0.3 is 15.0 Å². The van der Waals surface area contributed by atoms with Crippen LogP contribution in [-0.4, -0.2) is 39.6 Å². The first-order chi connectivity index (χ1) is 15.9. The Hall–Kier alpha value is -3.32. The summed E-state index contributed by atoms with van der Waals surface area (Å²) in [6.45, 7) is 3.77. The van der Waals surface area contributed by atoms with Gasteiger partial charge in [-0.3, -0.25) is 14.3 Å². The molecule has 0 atom stereocenters. The van der Waals surface area contributed by atoms with Crippen LogP contribution < -0.4 is 10.1 Å². The minimum absolute atomic E-state index is 0.104. The van der Waals surface area contributed by atoms with Crippen molar-refractivity contribution in [1.29, 1.82) is 0 Å². The lowest BCUT2D eigenvalue weighted by Gasteiger charge is -2.27. The Balaban J connectivity index is 1.41. The number of aryl methyl sites for hydroxylation is 2. The number of halogens is 1. The minimum Gasteiger partial charge on any atom is -0.487 e. The molecule has 1 N–H and O–H groups in total. The van der Waals surface area contributed by atoms with E-state index in [0.717, 1.165) is 43.5 Å². The number of nitrogens with one attached hydrogen (secondary N) is 1. The quantitative estimate of drug-likeness (QED) is 0.564. The van der Waals surface area contributed by atoms with E-state index < -0.39 is 0 Å². The van der Waals surface area contributed by atoms with Gasteiger partial charge in [0, 0.05) is 25.7 Å². The van der Waals surface area contributed by atoms with Crippen LogP contribution in [-0.2, 0) is 13.7 Å². The van der Waals surface area contributed by atoms with Crippen LogP contribution >= 0.6 is 11.6 Å². The van der Waals surface area contributed by atoms with Gasteiger partial charge in [-0.05, 0) is 61.6 Å². The highest BCUT2D eigenvalue weighted by atomic mass is 35.5. The summed E-state index contributed by atoms with van der Waals surface area (Å²) >= 11 is 6.18. The second kappa shape index (κ2) is 10.1. The number of carbonyl (C=O) groups is 2. The number of carbonyl (C=O) groups excluding carboxylic acids is 2. The average molecular weight is 467 g/mol. The summed E-state index contributed by atoms with van der Waals surface area (Å²) in [5, 5.41) is 7.59. The molecule has 0 unspecified atom stereocenters. The minimum atomic E-state index is -0.301. The van der Waals surface area contributed by atoms with Crippen molar-refractivity contribution < 1.29 is 14.3 Å². The zero-order chi connectivity index (χ0) is 23.4. The number of hydrogen-bond acceptors (Lipinski definition) is 4. The van der Waals surface area contributed by atoms with Crippen molar-refractivity contribution in [2.24, 2.45) is 7.05 Å². The Bertz CT molecular complexity index is 1150. The molecule has 0 spiro atoms. The van der Waals surface area contributed by atoms with E-state index in [-0.39, 0.29) is 11.8 Å². The number of piperidine rings is 1. The molecule has 1 aliphatic heterocycles. The first-order valence-corrected chi connectivity index (χ1v) is 11.4. The molecular weight excluding hydrogens is 440 g/mol. The fourth-order valence-corrected chi connectivity index (χ4v) is 4.03. The molecule has 3 aromatic rings. The summed E-state index contributed by atoms with van der Waals surface area (Å²) in [5.41, 5.74) is 3.26. The van der Waals surface area contributed by atoms with E-state index in [9.17, 15) is 9.59 Å². The van der Waals surface area contributed by atoms with Crippen molar-refractivity contribution in [3.05, 3.63) is 76.1 Å². The number of ether oxygens (including phenoxy) is 1. The number of rotatable bonds is 6. The van der Waals surface area contributed by atoms with Crippen molar-refractivity contribution in [1.82, 2.24) is 14.7 Å². The standard InChI is InChI=1S/C25H27ClN4O3/c1-17-6-11-20(26)22(14-17)33-16-18-7-9-19(10-8-18)24(31)28-21-15-27-29(2)23(21)25(32)30-12-4-3-5-13-30/h6-11,14-15H,3-5,12-13,16H2,1-2H3,(H,28,31). The first kappa shape index (κ1) is 22.9. The van der Waals surface area contributed by atoms with Crippen LogP contribution in [0, 0.1) is 6.92 Å². The number of hydrogen-bond donors (Lipinski definition) is 1. The van der Waals surface area contributed by atoms with Crippen molar-refractivity contribution in [2.75, 3.05) is 18.4 Å². The van der Waals surface area contributed by atoms with Gasteiger partial charge in [-0.15, -0.1) is 0 Å². The predicted octanol–water partition coefficient (Wildman–Crippen LogP) is 4.84. The molecule has 0 bridgehead atoms. The third-order valence-electron chi connectivity index (χ3n) is 5.73. The van der Waals surface area contributed by atoms with Crippen LogP contribution in [0.2, 0.25) is 5.02 Å². The topological polar surface area (TPSA) is 76.5 Å². The van der Waals surface area contributed by atoms with Gasteiger partial charge in [0.15, 0.2) is 0 Å². The number of aromatic nitrogens is 2. The summed E-state index contributed by atoms with van der Waals surface area (Å²) in [6.07, 6.45) is 4.65. The van der Waals surface area contributed by atoms with Crippen LogP contribution in [0.3, 0.4) is 0 Å². The van der Waals surface area contributed by atoms with Crippen LogP contribution in [0.4, 0.5) is 5.69 Å². The average Bonchev–Trinajstić information content (AvgIpc) is 3.19. The molecule has 4 rings (SSSR count). The van der Waals surface area contributed by atoms with Crippen LogP contribution in [0.25, 0.3) is 0 Å². The molecule has 7 nitrogen and oxygen atoms in total. The fraction of sp³-hybridized carbons (Fsp3) is 0.320. The van der Waals surface area contributed by atoms with Crippen molar-refractivity contribution in [3.63, 3.8) is 0 Å². The maximum atomic E-state index is 13.0. The molecule has 33 heavy (non-hydrogen) atoms. The Morgan fingerprint density at radius 3 is 2.55 bits per heavy atom. The molecule has 2 amide bonds. The van der Waals surface area contributed by atoms with E-state index in [0.29, 0.717) is 34.3 Å². The zero-order valence-corrected chi connectivity index (χ0v) is 19.6. The van der Waals surface area contributed by atoms with Gasteiger partial charge in [-0.25, -0.2) is 0 Å². The molecule has 0 aliphatic carbocycles. The normalized spacial score (nSPS) is 13.6. The van der Waals surface area contributed by atoms with Gasteiger partial charge in [-0.1, -0.05) is 29.8 Å². The Morgan fingerprint density at radius 2 is 1.82 bits per heavy atom. The fourth-order valence-electron chi connectivity index (χ4n) is 3.86. The van der Waals surface area contributed by atoms with Crippen molar-refractivity contribution in [3.8, 4) is 5.75 Å². The van der Waals surface area contributed by atoms with E-state index in [1.165, 1.54) is 10.9 Å². The molecular formula is C25H27ClN4O3. The van der Waals surface area contributed by atoms with Crippen LogP contribution in [0.1, 0.15) is 51.2 Å². The van der Waals surface area contributed by atoms with E-state index in [1.807, 2.05) is 42.2 Å². The molecule has 2 aromatic carbocycles. The summed E-state index contributed by atoms with van der Waals surface area (Å²) < 4.78 is 7.33. The molecule has 1 fully saturated rings. The number of likely N-dealkylation sites (tertiary alicyclic amines) is 1. The van der Waals surface area contributed by atoms with Gasteiger partial charge in [0.2, 0.25) is 0 Å². The molecule has 172 valence electrons. The predicted molar refractivity (Wildman–Crippen MR) is 128 cm³/mol. The van der Waals surface area contributed by atoms with Crippen LogP contribution in [0.15, 0.2) is 48.7 Å². The number of benzene rings is 2. The summed E-state index contributed by atoms with van der Waals surface area (Å²) in [5.74, 6) is 0.221. The van der Waals surface area contributed by atoms with Gasteiger partial charge in [-0.2, -0.15) is 5.10 Å². The summed E-state index contributed by atoms with van der Waals surface area (Å²) in [6, 6.07) is 12.8. The summed E-state index contributed by atoms with van der Waals surface area (Å²) in [7, 11) is 1.71. The molecule has 2 heterocycles. The maximum absolute atomic E-state index is 13.0. The first-order valence-electron chi connectivity index (χ1n) is 11.0. The third-order valence-corrected chi connectivity index (χ3v) is 6.04. The van der Waals surface area contributed by atoms with Gasteiger partial charge in [0.1, 0.15) is 18.1 Å². The highest BCUT2D eigenvalue weighted by Crippen LogP contribution is 2.26. The molecule has 1 saturated heterocycles. The van der Waals surface area contributed by atoms with Gasteiger partial charge in [0.05, 0.1) is 16.9 Å². The molecule has 0 saturated carbocycles. The largest absolute Gasteiger partial charge is 0.487 e. The van der Waals surface area contributed by atoms with Gasteiger partial charge in [0.25, 0.3) is 11.8 Å².